The van der Waals surface area contributed by atoms with Gasteiger partial charge in [-0.1, -0.05) is 24.3 Å². The van der Waals surface area contributed by atoms with Gasteiger partial charge in [-0.05, 0) is 33.8 Å². The molecule has 0 aliphatic carbocycles. The molecule has 0 atom stereocenters. The first-order chi connectivity index (χ1) is 5.56. The zero-order chi connectivity index (χ0) is 9.56. The Morgan fingerprint density at radius 2 is 1.92 bits per heavy atom. The van der Waals surface area contributed by atoms with Gasteiger partial charge in [0.25, 0.3) is 0 Å². The topological polar surface area (TPSA) is 12.0 Å². The molecule has 0 aliphatic rings. The van der Waals surface area contributed by atoms with Gasteiger partial charge >= 0.3 is 0 Å². The fraction of sp³-hybridized carbons (Fsp3) is 0.455. The summed E-state index contributed by atoms with van der Waals surface area (Å²) in [6.07, 6.45) is 6.12. The van der Waals surface area contributed by atoms with Crippen molar-refractivity contribution >= 4 is 0 Å². The second-order valence-electron chi connectivity index (χ2n) is 3.19. The van der Waals surface area contributed by atoms with Crippen LogP contribution in [0.1, 0.15) is 27.7 Å². The maximum absolute atomic E-state index is 3.88. The third kappa shape index (κ3) is 5.78. The molecule has 0 fully saturated rings. The Kier molecular flexibility index (Phi) is 5.18. The third-order valence-electron chi connectivity index (χ3n) is 1.48. The van der Waals surface area contributed by atoms with Gasteiger partial charge < -0.3 is 5.32 Å². The summed E-state index contributed by atoms with van der Waals surface area (Å²) >= 11 is 0. The molecule has 1 N–H and O–H groups in total. The van der Waals surface area contributed by atoms with Crippen LogP contribution in [0.25, 0.3) is 0 Å². The van der Waals surface area contributed by atoms with Crippen LogP contribution in [0.4, 0.5) is 0 Å². The quantitative estimate of drug-likeness (QED) is 0.631. The van der Waals surface area contributed by atoms with E-state index in [1.807, 2.05) is 13.0 Å². The first kappa shape index (κ1) is 11.0. The molecule has 0 heterocycles. The maximum Gasteiger partial charge on any atom is 0.0269 e. The normalized spacial score (nSPS) is 12.6. The molecular formula is C11H19N. The molecule has 0 aromatic heterocycles. The van der Waals surface area contributed by atoms with Gasteiger partial charge in [0.05, 0.1) is 0 Å². The average Bonchev–Trinajstić information content (AvgIpc) is 1.99. The van der Waals surface area contributed by atoms with Gasteiger partial charge in [0.2, 0.25) is 0 Å². The number of nitrogens with one attached hydrogen (secondary N) is 1. The van der Waals surface area contributed by atoms with Crippen LogP contribution >= 0.6 is 0 Å². The Labute approximate surface area is 75.9 Å². The summed E-state index contributed by atoms with van der Waals surface area (Å²) in [7, 11) is 0. The molecule has 0 radical (unpaired) electrons. The van der Waals surface area contributed by atoms with E-state index in [9.17, 15) is 0 Å². The Balaban J connectivity index is 3.92. The minimum absolute atomic E-state index is 0.452. The summed E-state index contributed by atoms with van der Waals surface area (Å²) in [4.78, 5) is 0. The molecule has 1 nitrogen and oxygen atoms in total. The number of hydrogen-bond acceptors (Lipinski definition) is 1. The van der Waals surface area contributed by atoms with Crippen molar-refractivity contribution in [2.24, 2.45) is 0 Å². The molecule has 0 spiro atoms. The average molecular weight is 165 g/mol. The van der Waals surface area contributed by atoms with Crippen molar-refractivity contribution in [1.29, 1.82) is 0 Å². The molecule has 0 aromatic rings. The van der Waals surface area contributed by atoms with E-state index in [4.69, 9.17) is 0 Å². The molecule has 0 rings (SSSR count). The monoisotopic (exact) mass is 165 g/mol. The molecule has 0 aliphatic heterocycles. The van der Waals surface area contributed by atoms with Crippen molar-refractivity contribution in [3.8, 4) is 0 Å². The highest BCUT2D eigenvalue weighted by Gasteiger charge is 1.90. The van der Waals surface area contributed by atoms with Crippen molar-refractivity contribution in [2.45, 2.75) is 33.7 Å². The zero-order valence-electron chi connectivity index (χ0n) is 8.52. The smallest absolute Gasteiger partial charge is 0.0269 e. The first-order valence-corrected chi connectivity index (χ1v) is 4.32. The Morgan fingerprint density at radius 3 is 2.33 bits per heavy atom. The second-order valence-corrected chi connectivity index (χ2v) is 3.19. The SMILES string of the molecule is C=C(/C=C\C(C)=C/C)NC(C)C. The van der Waals surface area contributed by atoms with E-state index in [0.717, 1.165) is 5.70 Å². The van der Waals surface area contributed by atoms with Gasteiger partial charge in [-0.15, -0.1) is 0 Å². The van der Waals surface area contributed by atoms with Gasteiger partial charge in [-0.3, -0.25) is 0 Å². The highest BCUT2D eigenvalue weighted by molar-refractivity contribution is 5.23. The summed E-state index contributed by atoms with van der Waals surface area (Å²) in [6, 6.07) is 0.452. The predicted octanol–water partition coefficient (Wildman–Crippen LogP) is 3.02. The Bertz CT molecular complexity index is 197. The Hall–Kier alpha value is -0.980. The van der Waals surface area contributed by atoms with E-state index >= 15 is 0 Å². The van der Waals surface area contributed by atoms with Gasteiger partial charge in [0.1, 0.15) is 0 Å². The molecule has 0 bridgehead atoms. The minimum Gasteiger partial charge on any atom is -0.383 e. The number of rotatable bonds is 4. The predicted molar refractivity (Wildman–Crippen MR) is 56.0 cm³/mol. The third-order valence-corrected chi connectivity index (χ3v) is 1.48. The van der Waals surface area contributed by atoms with E-state index in [1.165, 1.54) is 5.57 Å². The van der Waals surface area contributed by atoms with Crippen molar-refractivity contribution in [3.05, 3.63) is 36.1 Å². The van der Waals surface area contributed by atoms with E-state index in [0.29, 0.717) is 6.04 Å². The summed E-state index contributed by atoms with van der Waals surface area (Å²) in [5.74, 6) is 0. The van der Waals surface area contributed by atoms with Gasteiger partial charge in [-0.25, -0.2) is 0 Å². The van der Waals surface area contributed by atoms with E-state index in [1.54, 1.807) is 0 Å². The molecular weight excluding hydrogens is 146 g/mol. The van der Waals surface area contributed by atoms with Gasteiger partial charge in [0, 0.05) is 11.7 Å². The molecule has 0 saturated carbocycles. The standard InChI is InChI=1S/C11H19N/c1-6-10(4)7-8-11(5)12-9(2)3/h6-9,12H,5H2,1-4H3/b8-7-,10-6-. The fourth-order valence-corrected chi connectivity index (χ4v) is 0.747. The van der Waals surface area contributed by atoms with Crippen molar-refractivity contribution < 1.29 is 0 Å². The molecule has 0 unspecified atom stereocenters. The van der Waals surface area contributed by atoms with Crippen LogP contribution in [0.3, 0.4) is 0 Å². The minimum atomic E-state index is 0.452. The van der Waals surface area contributed by atoms with Crippen LogP contribution in [-0.4, -0.2) is 6.04 Å². The summed E-state index contributed by atoms with van der Waals surface area (Å²) in [5.41, 5.74) is 2.22. The molecule has 12 heavy (non-hydrogen) atoms. The van der Waals surface area contributed by atoms with E-state index < -0.39 is 0 Å². The summed E-state index contributed by atoms with van der Waals surface area (Å²) in [5, 5.41) is 3.21. The molecule has 0 amide bonds. The van der Waals surface area contributed by atoms with Crippen LogP contribution < -0.4 is 5.32 Å². The van der Waals surface area contributed by atoms with Gasteiger partial charge in [0.15, 0.2) is 0 Å². The molecule has 0 aromatic carbocycles. The summed E-state index contributed by atoms with van der Waals surface area (Å²) in [6.45, 7) is 12.2. The fourth-order valence-electron chi connectivity index (χ4n) is 0.747. The first-order valence-electron chi connectivity index (χ1n) is 4.32. The highest BCUT2D eigenvalue weighted by atomic mass is 14.9. The van der Waals surface area contributed by atoms with Crippen molar-refractivity contribution in [1.82, 2.24) is 5.32 Å². The molecule has 0 saturated heterocycles. The van der Waals surface area contributed by atoms with Crippen LogP contribution in [0.2, 0.25) is 0 Å². The van der Waals surface area contributed by atoms with Gasteiger partial charge in [-0.2, -0.15) is 0 Å². The zero-order valence-corrected chi connectivity index (χ0v) is 8.52. The van der Waals surface area contributed by atoms with Crippen LogP contribution in [0, 0.1) is 0 Å². The largest absolute Gasteiger partial charge is 0.383 e. The maximum atomic E-state index is 3.88. The van der Waals surface area contributed by atoms with Crippen LogP contribution in [-0.2, 0) is 0 Å². The van der Waals surface area contributed by atoms with E-state index in [2.05, 4.69) is 44.8 Å². The Morgan fingerprint density at radius 1 is 1.33 bits per heavy atom. The second kappa shape index (κ2) is 5.64. The summed E-state index contributed by atoms with van der Waals surface area (Å²) < 4.78 is 0. The lowest BCUT2D eigenvalue weighted by Crippen LogP contribution is -2.19. The lowest BCUT2D eigenvalue weighted by Gasteiger charge is -2.08. The molecule has 1 heteroatoms. The van der Waals surface area contributed by atoms with Crippen LogP contribution in [0.5, 0.6) is 0 Å². The molecule has 68 valence electrons. The van der Waals surface area contributed by atoms with E-state index in [-0.39, 0.29) is 0 Å². The number of allylic oxidation sites excluding steroid dienone is 4. The lowest BCUT2D eigenvalue weighted by atomic mass is 10.2. The van der Waals surface area contributed by atoms with Crippen LogP contribution in [0.15, 0.2) is 36.1 Å². The number of hydrogen-bond donors (Lipinski definition) is 1. The van der Waals surface area contributed by atoms with Crippen molar-refractivity contribution in [3.63, 3.8) is 0 Å². The lowest BCUT2D eigenvalue weighted by molar-refractivity contribution is 0.683. The highest BCUT2D eigenvalue weighted by Crippen LogP contribution is 1.97. The van der Waals surface area contributed by atoms with Crippen molar-refractivity contribution in [2.75, 3.05) is 0 Å².